The Morgan fingerprint density at radius 2 is 1.83 bits per heavy atom. The fourth-order valence-corrected chi connectivity index (χ4v) is 5.24. The van der Waals surface area contributed by atoms with Gasteiger partial charge in [-0.15, -0.1) is 0 Å². The number of likely N-dealkylation sites (N-methyl/N-ethyl adjacent to an activating group) is 1. The molecule has 3 rings (SSSR count). The molecule has 7 nitrogen and oxygen atoms in total. The summed E-state index contributed by atoms with van der Waals surface area (Å²) in [6, 6.07) is 8.37. The minimum absolute atomic E-state index is 0.00679. The van der Waals surface area contributed by atoms with E-state index in [1.165, 1.54) is 12.1 Å². The standard InChI is InChI=1S/C21H30N4O3S2/c1-3-4-21(26)23-18-5-7-19(8-6-18)30(27,28)22-15-20(17-9-14-29-16-17)25-12-10-24(2)11-13-25/h5-9,14,16,20,22H,3-4,10-13,15H2,1-2H3,(H,23,26). The number of piperazine rings is 1. The summed E-state index contributed by atoms with van der Waals surface area (Å²) < 4.78 is 28.5. The summed E-state index contributed by atoms with van der Waals surface area (Å²) >= 11 is 1.62. The highest BCUT2D eigenvalue weighted by Gasteiger charge is 2.26. The van der Waals surface area contributed by atoms with Crippen molar-refractivity contribution in [3.8, 4) is 0 Å². The summed E-state index contributed by atoms with van der Waals surface area (Å²) in [5, 5.41) is 6.89. The van der Waals surface area contributed by atoms with Crippen molar-refractivity contribution in [1.29, 1.82) is 0 Å². The first-order valence-corrected chi connectivity index (χ1v) is 12.7. The van der Waals surface area contributed by atoms with Gasteiger partial charge in [0.25, 0.3) is 0 Å². The van der Waals surface area contributed by atoms with E-state index in [2.05, 4.69) is 38.3 Å². The van der Waals surface area contributed by atoms with Gasteiger partial charge in [0, 0.05) is 50.9 Å². The number of carbonyl (C=O) groups is 1. The van der Waals surface area contributed by atoms with Crippen LogP contribution in [0.3, 0.4) is 0 Å². The fourth-order valence-electron chi connectivity index (χ4n) is 3.50. The van der Waals surface area contributed by atoms with E-state index in [1.54, 1.807) is 23.5 Å². The number of carbonyl (C=O) groups excluding carboxylic acids is 1. The molecule has 1 unspecified atom stereocenters. The molecular formula is C21H30N4O3S2. The lowest BCUT2D eigenvalue weighted by atomic mass is 10.1. The largest absolute Gasteiger partial charge is 0.326 e. The molecule has 1 aliphatic heterocycles. The number of benzene rings is 1. The summed E-state index contributed by atoms with van der Waals surface area (Å²) in [5.41, 5.74) is 1.74. The third kappa shape index (κ3) is 6.12. The summed E-state index contributed by atoms with van der Waals surface area (Å²) in [6.07, 6.45) is 1.21. The van der Waals surface area contributed by atoms with Crippen LogP contribution >= 0.6 is 11.3 Å². The third-order valence-electron chi connectivity index (χ3n) is 5.30. The molecule has 1 aromatic carbocycles. The second-order valence-corrected chi connectivity index (χ2v) is 10.1. The Labute approximate surface area is 183 Å². The van der Waals surface area contributed by atoms with Crippen LogP contribution in [0.5, 0.6) is 0 Å². The molecule has 1 saturated heterocycles. The van der Waals surface area contributed by atoms with Crippen LogP contribution in [0.15, 0.2) is 46.0 Å². The van der Waals surface area contributed by atoms with E-state index in [4.69, 9.17) is 0 Å². The van der Waals surface area contributed by atoms with Crippen LogP contribution in [-0.2, 0) is 14.8 Å². The zero-order chi connectivity index (χ0) is 21.6. The molecule has 0 spiro atoms. The van der Waals surface area contributed by atoms with E-state index in [-0.39, 0.29) is 16.8 Å². The molecule has 9 heteroatoms. The number of amides is 1. The number of nitrogens with one attached hydrogen (secondary N) is 2. The predicted octanol–water partition coefficient (Wildman–Crippen LogP) is 2.75. The summed E-state index contributed by atoms with van der Waals surface area (Å²) in [5.74, 6) is -0.0722. The first-order chi connectivity index (χ1) is 14.4. The molecule has 164 valence electrons. The first-order valence-electron chi connectivity index (χ1n) is 10.2. The Kier molecular flexibility index (Phi) is 8.01. The molecule has 0 aliphatic carbocycles. The quantitative estimate of drug-likeness (QED) is 0.614. The van der Waals surface area contributed by atoms with Crippen molar-refractivity contribution in [3.05, 3.63) is 46.7 Å². The third-order valence-corrected chi connectivity index (χ3v) is 7.44. The average Bonchev–Trinajstić information content (AvgIpc) is 3.24. The van der Waals surface area contributed by atoms with E-state index in [0.29, 0.717) is 18.7 Å². The van der Waals surface area contributed by atoms with Crippen LogP contribution < -0.4 is 10.0 Å². The zero-order valence-corrected chi connectivity index (χ0v) is 19.1. The van der Waals surface area contributed by atoms with E-state index in [9.17, 15) is 13.2 Å². The fraction of sp³-hybridized carbons (Fsp3) is 0.476. The molecule has 2 heterocycles. The molecule has 2 aromatic rings. The van der Waals surface area contributed by atoms with Crippen molar-refractivity contribution >= 4 is 33.0 Å². The van der Waals surface area contributed by atoms with Crippen molar-refractivity contribution in [2.24, 2.45) is 0 Å². The number of rotatable bonds is 9. The zero-order valence-electron chi connectivity index (χ0n) is 17.5. The van der Waals surface area contributed by atoms with Crippen LogP contribution in [0.1, 0.15) is 31.4 Å². The van der Waals surface area contributed by atoms with Crippen molar-refractivity contribution in [2.75, 3.05) is 45.1 Å². The lowest BCUT2D eigenvalue weighted by Crippen LogP contribution is -2.48. The van der Waals surface area contributed by atoms with Gasteiger partial charge in [-0.25, -0.2) is 13.1 Å². The second-order valence-electron chi connectivity index (χ2n) is 7.59. The van der Waals surface area contributed by atoms with Crippen LogP contribution in [0.2, 0.25) is 0 Å². The Balaban J connectivity index is 1.66. The smallest absolute Gasteiger partial charge is 0.240 e. The topological polar surface area (TPSA) is 81.7 Å². The summed E-state index contributed by atoms with van der Waals surface area (Å²) in [7, 11) is -1.54. The first kappa shape index (κ1) is 22.9. The summed E-state index contributed by atoms with van der Waals surface area (Å²) in [4.78, 5) is 16.5. The summed E-state index contributed by atoms with van der Waals surface area (Å²) in [6.45, 7) is 6.01. The van der Waals surface area contributed by atoms with E-state index in [0.717, 1.165) is 38.2 Å². The van der Waals surface area contributed by atoms with Crippen molar-refractivity contribution in [2.45, 2.75) is 30.7 Å². The number of sulfonamides is 1. The van der Waals surface area contributed by atoms with Crippen LogP contribution in [0, 0.1) is 0 Å². The van der Waals surface area contributed by atoms with Gasteiger partial charge >= 0.3 is 0 Å². The van der Waals surface area contributed by atoms with E-state index in [1.807, 2.05) is 12.3 Å². The van der Waals surface area contributed by atoms with Gasteiger partial charge in [0.2, 0.25) is 15.9 Å². The molecule has 1 amide bonds. The molecule has 1 fully saturated rings. The maximum atomic E-state index is 12.9. The van der Waals surface area contributed by atoms with Gasteiger partial charge in [-0.05, 0) is 60.1 Å². The highest BCUT2D eigenvalue weighted by atomic mass is 32.2. The van der Waals surface area contributed by atoms with Crippen LogP contribution in [0.4, 0.5) is 5.69 Å². The Bertz CT molecular complexity index is 906. The minimum atomic E-state index is -3.65. The molecule has 1 aliphatic rings. The number of anilines is 1. The number of hydrogen-bond donors (Lipinski definition) is 2. The van der Waals surface area contributed by atoms with Crippen molar-refractivity contribution < 1.29 is 13.2 Å². The van der Waals surface area contributed by atoms with Gasteiger partial charge in [0.05, 0.1) is 4.90 Å². The Morgan fingerprint density at radius 1 is 1.13 bits per heavy atom. The normalized spacial score (nSPS) is 17.0. The molecule has 30 heavy (non-hydrogen) atoms. The maximum Gasteiger partial charge on any atom is 0.240 e. The predicted molar refractivity (Wildman–Crippen MR) is 121 cm³/mol. The number of thiophene rings is 1. The van der Waals surface area contributed by atoms with Crippen LogP contribution in [0.25, 0.3) is 0 Å². The van der Waals surface area contributed by atoms with Crippen molar-refractivity contribution in [3.63, 3.8) is 0 Å². The highest BCUT2D eigenvalue weighted by Crippen LogP contribution is 2.24. The minimum Gasteiger partial charge on any atom is -0.326 e. The Hall–Kier alpha value is -1.78. The highest BCUT2D eigenvalue weighted by molar-refractivity contribution is 7.89. The van der Waals surface area contributed by atoms with Gasteiger partial charge in [0.15, 0.2) is 0 Å². The second kappa shape index (κ2) is 10.5. The average molecular weight is 451 g/mol. The molecule has 1 aromatic heterocycles. The van der Waals surface area contributed by atoms with Crippen LogP contribution in [-0.4, -0.2) is 63.9 Å². The van der Waals surface area contributed by atoms with Gasteiger partial charge in [-0.1, -0.05) is 6.92 Å². The molecule has 1 atom stereocenters. The molecular weight excluding hydrogens is 420 g/mol. The molecule has 0 radical (unpaired) electrons. The van der Waals surface area contributed by atoms with E-state index < -0.39 is 10.0 Å². The monoisotopic (exact) mass is 450 g/mol. The Morgan fingerprint density at radius 3 is 2.43 bits per heavy atom. The maximum absolute atomic E-state index is 12.9. The van der Waals surface area contributed by atoms with Gasteiger partial charge in [-0.3, -0.25) is 9.69 Å². The molecule has 0 bridgehead atoms. The lowest BCUT2D eigenvalue weighted by molar-refractivity contribution is -0.116. The van der Waals surface area contributed by atoms with Gasteiger partial charge in [0.1, 0.15) is 0 Å². The lowest BCUT2D eigenvalue weighted by Gasteiger charge is -2.37. The number of nitrogens with zero attached hydrogens (tertiary/aromatic N) is 2. The number of hydrogen-bond acceptors (Lipinski definition) is 6. The SMILES string of the molecule is CCCC(=O)Nc1ccc(S(=O)(=O)NCC(c2ccsc2)N2CCN(C)CC2)cc1. The van der Waals surface area contributed by atoms with Gasteiger partial charge in [-0.2, -0.15) is 11.3 Å². The molecule has 2 N–H and O–H groups in total. The van der Waals surface area contributed by atoms with Gasteiger partial charge < -0.3 is 10.2 Å². The molecule has 0 saturated carbocycles. The van der Waals surface area contributed by atoms with E-state index >= 15 is 0 Å². The van der Waals surface area contributed by atoms with Crippen molar-refractivity contribution in [1.82, 2.24) is 14.5 Å².